The summed E-state index contributed by atoms with van der Waals surface area (Å²) in [6, 6.07) is 2.28. The SMILES string of the molecule is CN(C)CCCC1CC=CC2=C1N=C(Br)C1=CCCc3ccn2c31. The molecule has 0 amide bonds. The number of halogens is 1. The number of hydrogen-bond acceptors (Lipinski definition) is 2. The lowest BCUT2D eigenvalue weighted by molar-refractivity contribution is 0.376. The van der Waals surface area contributed by atoms with Gasteiger partial charge in [0.05, 0.1) is 17.1 Å². The summed E-state index contributed by atoms with van der Waals surface area (Å²) in [7, 11) is 4.29. The lowest BCUT2D eigenvalue weighted by Crippen LogP contribution is -2.16. The Balaban J connectivity index is 1.75. The van der Waals surface area contributed by atoms with E-state index in [4.69, 9.17) is 4.99 Å². The second kappa shape index (κ2) is 6.49. The number of aliphatic imine (C=N–C) groups is 1. The van der Waals surface area contributed by atoms with E-state index in [1.807, 2.05) is 0 Å². The number of allylic oxidation sites excluding steroid dienone is 6. The van der Waals surface area contributed by atoms with Crippen LogP contribution in [0, 0.1) is 5.92 Å². The van der Waals surface area contributed by atoms with Gasteiger partial charge in [-0.05, 0) is 86.4 Å². The van der Waals surface area contributed by atoms with Gasteiger partial charge in [0, 0.05) is 17.7 Å². The van der Waals surface area contributed by atoms with E-state index in [1.165, 1.54) is 41.1 Å². The van der Waals surface area contributed by atoms with Crippen molar-refractivity contribution in [3.8, 4) is 0 Å². The second-order valence-corrected chi connectivity index (χ2v) is 7.92. The van der Waals surface area contributed by atoms with Gasteiger partial charge in [-0.3, -0.25) is 0 Å². The first-order chi connectivity index (χ1) is 11.6. The first kappa shape index (κ1) is 16.1. The van der Waals surface area contributed by atoms with Gasteiger partial charge in [0.2, 0.25) is 0 Å². The number of aryl methyl sites for hydroxylation is 1. The van der Waals surface area contributed by atoms with E-state index >= 15 is 0 Å². The zero-order valence-corrected chi connectivity index (χ0v) is 16.0. The summed E-state index contributed by atoms with van der Waals surface area (Å²) in [5.41, 5.74) is 6.55. The van der Waals surface area contributed by atoms with Crippen molar-refractivity contribution in [3.05, 3.63) is 47.4 Å². The molecule has 1 unspecified atom stereocenters. The molecule has 0 aromatic carbocycles. The molecule has 0 bridgehead atoms. The van der Waals surface area contributed by atoms with Crippen LogP contribution >= 0.6 is 15.9 Å². The second-order valence-electron chi connectivity index (χ2n) is 7.17. The molecule has 3 nitrogen and oxygen atoms in total. The maximum Gasteiger partial charge on any atom is 0.115 e. The molecule has 4 heteroatoms. The standard InChI is InChI=1S/C20H24BrN3/c1-23(2)12-5-8-14-6-4-10-17-18(14)22-20(21)16-9-3-7-15-11-13-24(17)19(15)16/h4,9-11,13-14H,3,5-8,12H2,1-2H3. The van der Waals surface area contributed by atoms with Crippen LogP contribution in [0.1, 0.15) is 36.9 Å². The average molecular weight is 386 g/mol. The zero-order chi connectivity index (χ0) is 16.7. The van der Waals surface area contributed by atoms with Gasteiger partial charge in [-0.25, -0.2) is 4.99 Å². The van der Waals surface area contributed by atoms with E-state index < -0.39 is 0 Å². The third-order valence-electron chi connectivity index (χ3n) is 5.19. The number of aromatic nitrogens is 1. The highest BCUT2D eigenvalue weighted by atomic mass is 79.9. The van der Waals surface area contributed by atoms with Crippen molar-refractivity contribution >= 4 is 31.8 Å². The summed E-state index contributed by atoms with van der Waals surface area (Å²) in [6.45, 7) is 1.14. The van der Waals surface area contributed by atoms with Gasteiger partial charge in [-0.2, -0.15) is 0 Å². The summed E-state index contributed by atoms with van der Waals surface area (Å²) in [5.74, 6) is 0.510. The normalized spacial score (nSPS) is 22.1. The molecule has 24 heavy (non-hydrogen) atoms. The fraction of sp³-hybridized carbons (Fsp3) is 0.450. The third-order valence-corrected chi connectivity index (χ3v) is 5.80. The highest BCUT2D eigenvalue weighted by molar-refractivity contribution is 9.18. The Morgan fingerprint density at radius 2 is 2.25 bits per heavy atom. The van der Waals surface area contributed by atoms with Crippen LogP contribution in [0.2, 0.25) is 0 Å². The monoisotopic (exact) mass is 385 g/mol. The Kier molecular flexibility index (Phi) is 4.35. The molecule has 0 N–H and O–H groups in total. The predicted octanol–water partition coefficient (Wildman–Crippen LogP) is 4.71. The molecular weight excluding hydrogens is 362 g/mol. The molecule has 0 spiro atoms. The minimum absolute atomic E-state index is 0.510. The maximum atomic E-state index is 5.05. The molecular formula is C20H24BrN3. The van der Waals surface area contributed by atoms with Crippen molar-refractivity contribution < 1.29 is 0 Å². The Bertz CT molecular complexity index is 777. The highest BCUT2D eigenvalue weighted by Crippen LogP contribution is 2.41. The van der Waals surface area contributed by atoms with Gasteiger partial charge in [-0.15, -0.1) is 0 Å². The molecule has 1 aliphatic heterocycles. The Morgan fingerprint density at radius 3 is 3.08 bits per heavy atom. The summed E-state index contributed by atoms with van der Waals surface area (Å²) in [4.78, 5) is 7.31. The van der Waals surface area contributed by atoms with Gasteiger partial charge in [0.25, 0.3) is 0 Å². The minimum Gasteiger partial charge on any atom is -0.314 e. The molecule has 1 atom stereocenters. The van der Waals surface area contributed by atoms with Crippen molar-refractivity contribution in [2.45, 2.75) is 32.1 Å². The molecule has 0 fully saturated rings. The van der Waals surface area contributed by atoms with Crippen LogP contribution in [0.4, 0.5) is 0 Å². The molecule has 126 valence electrons. The van der Waals surface area contributed by atoms with Crippen molar-refractivity contribution in [2.75, 3.05) is 20.6 Å². The van der Waals surface area contributed by atoms with E-state index in [0.717, 1.165) is 30.4 Å². The Morgan fingerprint density at radius 1 is 1.38 bits per heavy atom. The van der Waals surface area contributed by atoms with Crippen LogP contribution in [-0.4, -0.2) is 34.7 Å². The fourth-order valence-corrected chi connectivity index (χ4v) is 4.55. The molecule has 1 aromatic heterocycles. The molecule has 0 radical (unpaired) electrons. The lowest BCUT2D eigenvalue weighted by Gasteiger charge is -2.23. The highest BCUT2D eigenvalue weighted by Gasteiger charge is 2.29. The van der Waals surface area contributed by atoms with Crippen LogP contribution in [-0.2, 0) is 6.42 Å². The van der Waals surface area contributed by atoms with Crippen LogP contribution in [0.25, 0.3) is 11.3 Å². The molecule has 4 rings (SSSR count). The maximum absolute atomic E-state index is 5.05. The number of rotatable bonds is 4. The van der Waals surface area contributed by atoms with E-state index in [2.05, 4.69) is 70.0 Å². The van der Waals surface area contributed by atoms with E-state index in [9.17, 15) is 0 Å². The average Bonchev–Trinajstić information content (AvgIpc) is 2.94. The molecule has 3 aliphatic rings. The smallest absolute Gasteiger partial charge is 0.115 e. The Hall–Kier alpha value is -1.39. The van der Waals surface area contributed by atoms with Gasteiger partial charge < -0.3 is 9.47 Å². The van der Waals surface area contributed by atoms with E-state index in [0.29, 0.717) is 5.92 Å². The van der Waals surface area contributed by atoms with Crippen molar-refractivity contribution in [1.82, 2.24) is 9.47 Å². The third kappa shape index (κ3) is 2.76. The van der Waals surface area contributed by atoms with Gasteiger partial charge in [0.15, 0.2) is 0 Å². The molecule has 1 aromatic rings. The van der Waals surface area contributed by atoms with Crippen molar-refractivity contribution in [1.29, 1.82) is 0 Å². The molecule has 0 saturated heterocycles. The number of fused-ring (bicyclic) bond motifs is 1. The minimum atomic E-state index is 0.510. The molecule has 2 heterocycles. The Labute approximate surface area is 152 Å². The first-order valence-electron chi connectivity index (χ1n) is 8.86. The predicted molar refractivity (Wildman–Crippen MR) is 105 cm³/mol. The first-order valence-corrected chi connectivity index (χ1v) is 9.65. The summed E-state index contributed by atoms with van der Waals surface area (Å²) in [5, 5.41) is 0. The van der Waals surface area contributed by atoms with Crippen LogP contribution in [0.3, 0.4) is 0 Å². The quantitative estimate of drug-likeness (QED) is 0.734. The zero-order valence-electron chi connectivity index (χ0n) is 14.4. The fourth-order valence-electron chi connectivity index (χ4n) is 4.01. The topological polar surface area (TPSA) is 20.5 Å². The summed E-state index contributed by atoms with van der Waals surface area (Å²) in [6.07, 6.45) is 14.9. The molecule has 2 aliphatic carbocycles. The largest absolute Gasteiger partial charge is 0.314 e. The van der Waals surface area contributed by atoms with Crippen molar-refractivity contribution in [2.24, 2.45) is 10.9 Å². The van der Waals surface area contributed by atoms with Crippen LogP contribution in [0.15, 0.2) is 41.2 Å². The van der Waals surface area contributed by atoms with Crippen LogP contribution in [0.5, 0.6) is 0 Å². The van der Waals surface area contributed by atoms with Gasteiger partial charge >= 0.3 is 0 Å². The molecule has 0 saturated carbocycles. The van der Waals surface area contributed by atoms with E-state index in [-0.39, 0.29) is 0 Å². The summed E-state index contributed by atoms with van der Waals surface area (Å²) < 4.78 is 3.36. The van der Waals surface area contributed by atoms with E-state index in [1.54, 1.807) is 0 Å². The number of nitrogens with zero attached hydrogens (tertiary/aromatic N) is 3. The summed E-state index contributed by atoms with van der Waals surface area (Å²) >= 11 is 3.77. The van der Waals surface area contributed by atoms with Gasteiger partial charge in [0.1, 0.15) is 4.62 Å². The van der Waals surface area contributed by atoms with Crippen molar-refractivity contribution in [3.63, 3.8) is 0 Å². The number of hydrogen-bond donors (Lipinski definition) is 0. The van der Waals surface area contributed by atoms with Crippen LogP contribution < -0.4 is 0 Å². The lowest BCUT2D eigenvalue weighted by atomic mass is 9.90. The van der Waals surface area contributed by atoms with Gasteiger partial charge in [-0.1, -0.05) is 12.2 Å².